The van der Waals surface area contributed by atoms with Crippen LogP contribution in [-0.4, -0.2) is 13.2 Å². The van der Waals surface area contributed by atoms with Crippen LogP contribution in [0.2, 0.25) is 0 Å². The van der Waals surface area contributed by atoms with Crippen LogP contribution in [0, 0.1) is 5.41 Å². The molecule has 1 N–H and O–H groups in total. The van der Waals surface area contributed by atoms with Gasteiger partial charge >= 0.3 is 7.60 Å². The van der Waals surface area contributed by atoms with Gasteiger partial charge in [-0.15, -0.1) is 0 Å². The zero-order valence-corrected chi connectivity index (χ0v) is 18.1. The molecule has 7 heteroatoms. The minimum atomic E-state index is -3.36. The summed E-state index contributed by atoms with van der Waals surface area (Å²) < 4.78 is 26.9. The molecule has 0 aliphatic carbocycles. The van der Waals surface area contributed by atoms with Crippen molar-refractivity contribution < 1.29 is 13.6 Å². The second kappa shape index (κ2) is 7.53. The molecule has 2 aromatic carbocycles. The maximum atomic E-state index is 13.4. The molecule has 1 heterocycles. The molecule has 134 valence electrons. The Balaban J connectivity index is 1.92. The lowest BCUT2D eigenvalue weighted by atomic mass is 9.97. The number of hydrogen-bond acceptors (Lipinski definition) is 4. The fraction of sp³-hybridized carbons (Fsp3) is 0.333. The predicted octanol–water partition coefficient (Wildman–Crippen LogP) is 6.59. The zero-order valence-electron chi connectivity index (χ0n) is 14.0. The van der Waals surface area contributed by atoms with Gasteiger partial charge in [0, 0.05) is 20.0 Å². The zero-order chi connectivity index (χ0) is 18.1. The summed E-state index contributed by atoms with van der Waals surface area (Å²) in [6.45, 7) is 4.87. The van der Waals surface area contributed by atoms with Crippen LogP contribution in [-0.2, 0) is 13.6 Å². The molecule has 0 bridgehead atoms. The third kappa shape index (κ3) is 4.75. The third-order valence-electron chi connectivity index (χ3n) is 3.92. The van der Waals surface area contributed by atoms with E-state index < -0.39 is 13.4 Å². The highest BCUT2D eigenvalue weighted by atomic mass is 79.9. The molecular formula is C18H20Br2NO3P. The smallest absolute Gasteiger partial charge is 0.357 e. The molecular weight excluding hydrogens is 469 g/mol. The Labute approximate surface area is 165 Å². The molecule has 2 aromatic rings. The number of benzene rings is 2. The molecule has 1 fully saturated rings. The molecule has 1 aliphatic rings. The van der Waals surface area contributed by atoms with Gasteiger partial charge in [0.2, 0.25) is 0 Å². The lowest BCUT2D eigenvalue weighted by Crippen LogP contribution is -2.31. The van der Waals surface area contributed by atoms with E-state index in [4.69, 9.17) is 9.05 Å². The standard InChI is InChI=1S/C18H20Br2NO3P/c1-18(2)11-23-25(22,24-12-18)17(13-3-5-14(19)6-4-13)21-16-9-7-15(20)8-10-16/h3-10,17,21H,11-12H2,1-2H3. The van der Waals surface area contributed by atoms with E-state index in [1.807, 2.05) is 62.4 Å². The van der Waals surface area contributed by atoms with Gasteiger partial charge in [-0.25, -0.2) is 0 Å². The van der Waals surface area contributed by atoms with Gasteiger partial charge in [0.05, 0.1) is 13.2 Å². The van der Waals surface area contributed by atoms with Crippen LogP contribution in [0.1, 0.15) is 25.2 Å². The summed E-state index contributed by atoms with van der Waals surface area (Å²) in [6.07, 6.45) is 0. The molecule has 1 atom stereocenters. The van der Waals surface area contributed by atoms with Gasteiger partial charge in [0.1, 0.15) is 0 Å². The largest absolute Gasteiger partial charge is 0.368 e. The molecule has 0 radical (unpaired) electrons. The molecule has 0 spiro atoms. The van der Waals surface area contributed by atoms with E-state index in [1.54, 1.807) is 0 Å². The predicted molar refractivity (Wildman–Crippen MR) is 108 cm³/mol. The van der Waals surface area contributed by atoms with Crippen LogP contribution in [0.3, 0.4) is 0 Å². The topological polar surface area (TPSA) is 47.6 Å². The van der Waals surface area contributed by atoms with Gasteiger partial charge in [-0.1, -0.05) is 57.8 Å². The van der Waals surface area contributed by atoms with E-state index in [-0.39, 0.29) is 5.41 Å². The SMILES string of the molecule is CC1(C)COP(=O)(C(Nc2ccc(Br)cc2)c2ccc(Br)cc2)OC1. The fourth-order valence-corrected chi connectivity index (χ4v) is 5.26. The number of halogens is 2. The van der Waals surface area contributed by atoms with Crippen molar-refractivity contribution in [2.45, 2.75) is 19.6 Å². The van der Waals surface area contributed by atoms with Crippen molar-refractivity contribution in [1.29, 1.82) is 0 Å². The summed E-state index contributed by atoms with van der Waals surface area (Å²) in [5.74, 6) is -0.571. The van der Waals surface area contributed by atoms with Crippen molar-refractivity contribution in [1.82, 2.24) is 0 Å². The second-order valence-electron chi connectivity index (χ2n) is 6.86. The molecule has 3 rings (SSSR count). The van der Waals surface area contributed by atoms with Gasteiger partial charge < -0.3 is 14.4 Å². The average molecular weight is 489 g/mol. The minimum absolute atomic E-state index is 0.143. The third-order valence-corrected chi connectivity index (χ3v) is 7.02. The van der Waals surface area contributed by atoms with Crippen LogP contribution in [0.4, 0.5) is 5.69 Å². The Morgan fingerprint density at radius 3 is 1.96 bits per heavy atom. The van der Waals surface area contributed by atoms with Crippen molar-refractivity contribution in [3.05, 3.63) is 63.0 Å². The number of hydrogen-bond donors (Lipinski definition) is 1. The Bertz CT molecular complexity index is 764. The maximum Gasteiger partial charge on any atom is 0.357 e. The summed E-state index contributed by atoms with van der Waals surface area (Å²) >= 11 is 6.86. The first-order chi connectivity index (χ1) is 11.8. The molecule has 0 aromatic heterocycles. The maximum absolute atomic E-state index is 13.4. The Morgan fingerprint density at radius 1 is 0.960 bits per heavy atom. The minimum Gasteiger partial charge on any atom is -0.368 e. The molecule has 1 aliphatic heterocycles. The van der Waals surface area contributed by atoms with Gasteiger partial charge in [0.25, 0.3) is 0 Å². The van der Waals surface area contributed by atoms with Gasteiger partial charge in [-0.2, -0.15) is 0 Å². The highest BCUT2D eigenvalue weighted by Crippen LogP contribution is 2.64. The van der Waals surface area contributed by atoms with E-state index in [0.717, 1.165) is 20.2 Å². The van der Waals surface area contributed by atoms with Crippen molar-refractivity contribution in [2.24, 2.45) is 5.41 Å². The quantitative estimate of drug-likeness (QED) is 0.493. The Kier molecular flexibility index (Phi) is 5.76. The summed E-state index contributed by atoms with van der Waals surface area (Å²) in [4.78, 5) is 0. The lowest BCUT2D eigenvalue weighted by molar-refractivity contribution is 0.0387. The Hall–Kier alpha value is -0.650. The van der Waals surface area contributed by atoms with Crippen LogP contribution in [0.15, 0.2) is 57.5 Å². The van der Waals surface area contributed by atoms with Crippen molar-refractivity contribution in [3.63, 3.8) is 0 Å². The van der Waals surface area contributed by atoms with Crippen molar-refractivity contribution in [2.75, 3.05) is 18.5 Å². The van der Waals surface area contributed by atoms with E-state index >= 15 is 0 Å². The van der Waals surface area contributed by atoms with E-state index in [0.29, 0.717) is 13.2 Å². The monoisotopic (exact) mass is 487 g/mol. The summed E-state index contributed by atoms with van der Waals surface area (Å²) in [5.41, 5.74) is 1.56. The molecule has 4 nitrogen and oxygen atoms in total. The first-order valence-electron chi connectivity index (χ1n) is 7.94. The highest BCUT2D eigenvalue weighted by Gasteiger charge is 2.43. The summed E-state index contributed by atoms with van der Waals surface area (Å²) in [6, 6.07) is 15.4. The van der Waals surface area contributed by atoms with E-state index in [2.05, 4.69) is 37.2 Å². The normalized spacial score (nSPS) is 20.0. The van der Waals surface area contributed by atoms with Crippen molar-refractivity contribution >= 4 is 45.1 Å². The molecule has 1 saturated heterocycles. The number of rotatable bonds is 4. The first-order valence-corrected chi connectivity index (χ1v) is 11.1. The highest BCUT2D eigenvalue weighted by molar-refractivity contribution is 9.10. The van der Waals surface area contributed by atoms with E-state index in [9.17, 15) is 4.57 Å². The molecule has 1 unspecified atom stereocenters. The van der Waals surface area contributed by atoms with Crippen LogP contribution in [0.5, 0.6) is 0 Å². The van der Waals surface area contributed by atoms with Crippen LogP contribution in [0.25, 0.3) is 0 Å². The molecule has 0 saturated carbocycles. The molecule has 25 heavy (non-hydrogen) atoms. The van der Waals surface area contributed by atoms with Gasteiger partial charge in [0.15, 0.2) is 5.78 Å². The Morgan fingerprint density at radius 2 is 1.44 bits per heavy atom. The van der Waals surface area contributed by atoms with Gasteiger partial charge in [-0.05, 0) is 42.0 Å². The number of anilines is 1. The van der Waals surface area contributed by atoms with Crippen LogP contribution < -0.4 is 5.32 Å². The molecule has 0 amide bonds. The fourth-order valence-electron chi connectivity index (χ4n) is 2.45. The van der Waals surface area contributed by atoms with Gasteiger partial charge in [-0.3, -0.25) is 4.57 Å². The average Bonchev–Trinajstić information content (AvgIpc) is 2.58. The van der Waals surface area contributed by atoms with Crippen LogP contribution >= 0.6 is 39.5 Å². The first kappa shape index (κ1) is 19.1. The van der Waals surface area contributed by atoms with E-state index in [1.165, 1.54) is 0 Å². The summed E-state index contributed by atoms with van der Waals surface area (Å²) in [5, 5.41) is 3.33. The lowest BCUT2D eigenvalue weighted by Gasteiger charge is -2.38. The second-order valence-corrected chi connectivity index (χ2v) is 10.8. The van der Waals surface area contributed by atoms with Crippen molar-refractivity contribution in [3.8, 4) is 0 Å². The summed E-state index contributed by atoms with van der Waals surface area (Å²) in [7, 11) is -3.36. The number of nitrogens with one attached hydrogen (secondary N) is 1.